The van der Waals surface area contributed by atoms with Gasteiger partial charge in [0.05, 0.1) is 0 Å². The molecule has 3 aromatic rings. The molecule has 0 spiro atoms. The Bertz CT molecular complexity index is 1030. The van der Waals surface area contributed by atoms with Crippen molar-refractivity contribution < 1.29 is 23.7 Å². The number of benzene rings is 3. The first kappa shape index (κ1) is 29.1. The maximum atomic E-state index is 13.5. The Balaban J connectivity index is 1.56. The van der Waals surface area contributed by atoms with Crippen LogP contribution in [-0.2, 0) is 23.7 Å². The molecule has 3 rings (SSSR count). The van der Waals surface area contributed by atoms with Crippen molar-refractivity contribution in [3.8, 4) is 0 Å². The van der Waals surface area contributed by atoms with E-state index in [2.05, 4.69) is 37.3 Å². The number of fused-ring (bicyclic) bond motifs is 2. The second-order valence-electron chi connectivity index (χ2n) is 9.77. The quantitative estimate of drug-likeness (QED) is 0.0751. The summed E-state index contributed by atoms with van der Waals surface area (Å²) in [5, 5.41) is 4.25. The van der Waals surface area contributed by atoms with Gasteiger partial charge < -0.3 is 18.9 Å². The highest BCUT2D eigenvalue weighted by molar-refractivity contribution is 6.05. The van der Waals surface area contributed by atoms with Crippen molar-refractivity contribution in [2.24, 2.45) is 0 Å². The third-order valence-electron chi connectivity index (χ3n) is 6.93. The average Bonchev–Trinajstić information content (AvgIpc) is 2.91. The van der Waals surface area contributed by atoms with Crippen molar-refractivity contribution in [3.63, 3.8) is 0 Å². The van der Waals surface area contributed by atoms with Crippen molar-refractivity contribution >= 4 is 27.5 Å². The van der Waals surface area contributed by atoms with Crippen molar-refractivity contribution in [2.75, 3.05) is 27.6 Å². The molecule has 0 aliphatic carbocycles. The largest absolute Gasteiger partial charge is 0.460 e. The molecule has 0 aliphatic rings. The first-order chi connectivity index (χ1) is 18.2. The van der Waals surface area contributed by atoms with Crippen LogP contribution in [-0.4, -0.2) is 39.7 Å². The number of unbranched alkanes of at least 4 members (excludes halogenated alkanes) is 6. The summed E-state index contributed by atoms with van der Waals surface area (Å²) in [6.45, 7) is 3.30. The highest BCUT2D eigenvalue weighted by Gasteiger charge is 2.28. The molecule has 0 saturated carbocycles. The van der Waals surface area contributed by atoms with Gasteiger partial charge in [-0.1, -0.05) is 94.0 Å². The molecule has 202 valence electrons. The van der Waals surface area contributed by atoms with Gasteiger partial charge in [-0.15, -0.1) is 0 Å². The average molecular weight is 509 g/mol. The highest BCUT2D eigenvalue weighted by atomic mass is 16.7. The van der Waals surface area contributed by atoms with Gasteiger partial charge >= 0.3 is 5.97 Å². The molecule has 3 aromatic carbocycles. The molecule has 0 saturated heterocycles. The Morgan fingerprint density at radius 1 is 0.784 bits per heavy atom. The number of esters is 1. The van der Waals surface area contributed by atoms with Crippen molar-refractivity contribution in [3.05, 3.63) is 60.2 Å². The van der Waals surface area contributed by atoms with E-state index < -0.39 is 6.10 Å². The third kappa shape index (κ3) is 8.80. The van der Waals surface area contributed by atoms with Crippen LogP contribution in [0, 0.1) is 0 Å². The number of rotatable bonds is 18. The van der Waals surface area contributed by atoms with Crippen molar-refractivity contribution in [1.29, 1.82) is 0 Å². The molecule has 5 nitrogen and oxygen atoms in total. The number of hydrogen-bond donors (Lipinski definition) is 0. The van der Waals surface area contributed by atoms with Crippen LogP contribution in [0.5, 0.6) is 0 Å². The van der Waals surface area contributed by atoms with Crippen LogP contribution in [0.25, 0.3) is 21.5 Å². The van der Waals surface area contributed by atoms with Crippen molar-refractivity contribution in [2.45, 2.75) is 83.3 Å². The van der Waals surface area contributed by atoms with Crippen LogP contribution in [0.1, 0.15) is 82.8 Å². The lowest BCUT2D eigenvalue weighted by molar-refractivity contribution is -0.162. The fourth-order valence-electron chi connectivity index (χ4n) is 5.08. The Morgan fingerprint density at radius 3 is 1.97 bits per heavy atom. The van der Waals surface area contributed by atoms with E-state index in [4.69, 9.17) is 18.9 Å². The fourth-order valence-corrected chi connectivity index (χ4v) is 5.08. The van der Waals surface area contributed by atoms with Gasteiger partial charge in [0, 0.05) is 26.4 Å². The Hall–Kier alpha value is -2.47. The molecule has 0 unspecified atom stereocenters. The van der Waals surface area contributed by atoms with Gasteiger partial charge in [0.1, 0.15) is 12.9 Å². The summed E-state index contributed by atoms with van der Waals surface area (Å²) in [6, 6.07) is 18.5. The SMILES string of the molecule is CCC[C@@H](CCCCCCCCCOCOC)OC(=O)[C@@H](OC)c1c2ccccc2cc2ccccc12. The normalized spacial score (nSPS) is 13.2. The second kappa shape index (κ2) is 16.4. The molecule has 0 aromatic heterocycles. The van der Waals surface area contributed by atoms with E-state index >= 15 is 0 Å². The molecule has 5 heteroatoms. The molecule has 37 heavy (non-hydrogen) atoms. The number of carbonyl (C=O) groups is 1. The maximum absolute atomic E-state index is 13.5. The molecule has 0 heterocycles. The number of methoxy groups -OCH3 is 2. The zero-order valence-corrected chi connectivity index (χ0v) is 22.9. The second-order valence-corrected chi connectivity index (χ2v) is 9.77. The van der Waals surface area contributed by atoms with Gasteiger partial charge in [-0.25, -0.2) is 4.79 Å². The van der Waals surface area contributed by atoms with E-state index in [0.717, 1.165) is 65.8 Å². The topological polar surface area (TPSA) is 54.0 Å². The number of hydrogen-bond acceptors (Lipinski definition) is 5. The highest BCUT2D eigenvalue weighted by Crippen LogP contribution is 2.35. The molecule has 0 N–H and O–H groups in total. The summed E-state index contributed by atoms with van der Waals surface area (Å²) in [5.74, 6) is -0.293. The van der Waals surface area contributed by atoms with E-state index in [-0.39, 0.29) is 12.1 Å². The van der Waals surface area contributed by atoms with E-state index in [1.807, 2.05) is 24.3 Å². The van der Waals surface area contributed by atoms with Crippen molar-refractivity contribution in [1.82, 2.24) is 0 Å². The fraction of sp³-hybridized carbons (Fsp3) is 0.531. The van der Waals surface area contributed by atoms with Gasteiger partial charge in [-0.3, -0.25) is 0 Å². The summed E-state index contributed by atoms with van der Waals surface area (Å²) < 4.78 is 22.1. The number of carbonyl (C=O) groups excluding carboxylic acids is 1. The molecule has 0 radical (unpaired) electrons. The molecule has 0 bridgehead atoms. The van der Waals surface area contributed by atoms with E-state index in [9.17, 15) is 4.79 Å². The monoisotopic (exact) mass is 508 g/mol. The lowest BCUT2D eigenvalue weighted by Gasteiger charge is -2.23. The summed E-state index contributed by atoms with van der Waals surface area (Å²) in [5.41, 5.74) is 0.893. The molecule has 0 fully saturated rings. The maximum Gasteiger partial charge on any atom is 0.340 e. The molecule has 0 amide bonds. The number of ether oxygens (including phenoxy) is 4. The Morgan fingerprint density at radius 2 is 1.38 bits per heavy atom. The van der Waals surface area contributed by atoms with Crippen LogP contribution in [0.4, 0.5) is 0 Å². The standard InChI is InChI=1S/C32H44O5/c1-4-16-27(19-10-8-6-5-7-9-15-22-36-24-34-2)37-32(33)31(35-3)30-28-20-13-11-17-25(28)23-26-18-12-14-21-29(26)30/h11-14,17-18,20-21,23,27,31H,4-10,15-16,19,22,24H2,1-3H3/t27-,31-/m0/s1. The smallest absolute Gasteiger partial charge is 0.340 e. The predicted molar refractivity (Wildman–Crippen MR) is 151 cm³/mol. The molecular weight excluding hydrogens is 464 g/mol. The summed E-state index contributed by atoms with van der Waals surface area (Å²) in [6.07, 6.45) is 10.1. The minimum absolute atomic E-state index is 0.0747. The minimum Gasteiger partial charge on any atom is -0.460 e. The van der Waals surface area contributed by atoms with E-state index in [1.165, 1.54) is 32.1 Å². The van der Waals surface area contributed by atoms with Crippen LogP contribution in [0.15, 0.2) is 54.6 Å². The van der Waals surface area contributed by atoms with Gasteiger partial charge in [-0.2, -0.15) is 0 Å². The summed E-state index contributed by atoms with van der Waals surface area (Å²) in [7, 11) is 3.25. The summed E-state index contributed by atoms with van der Waals surface area (Å²) >= 11 is 0. The van der Waals surface area contributed by atoms with E-state index in [0.29, 0.717) is 6.79 Å². The molecular formula is C32H44O5. The van der Waals surface area contributed by atoms with Gasteiger partial charge in [0.2, 0.25) is 0 Å². The van der Waals surface area contributed by atoms with Crippen LogP contribution < -0.4 is 0 Å². The van der Waals surface area contributed by atoms with E-state index in [1.54, 1.807) is 14.2 Å². The Kier molecular flexibility index (Phi) is 12.9. The summed E-state index contributed by atoms with van der Waals surface area (Å²) in [4.78, 5) is 13.5. The van der Waals surface area contributed by atoms with Gasteiger partial charge in [-0.05, 0) is 53.3 Å². The van der Waals surface area contributed by atoms with Crippen LogP contribution in [0.3, 0.4) is 0 Å². The first-order valence-corrected chi connectivity index (χ1v) is 13.9. The van der Waals surface area contributed by atoms with Gasteiger partial charge in [0.25, 0.3) is 0 Å². The predicted octanol–water partition coefficient (Wildman–Crippen LogP) is 8.13. The Labute approximate surface area is 222 Å². The van der Waals surface area contributed by atoms with Crippen LogP contribution in [0.2, 0.25) is 0 Å². The first-order valence-electron chi connectivity index (χ1n) is 13.9. The van der Waals surface area contributed by atoms with Crippen LogP contribution >= 0.6 is 0 Å². The van der Waals surface area contributed by atoms with Gasteiger partial charge in [0.15, 0.2) is 6.10 Å². The lowest BCUT2D eigenvalue weighted by Crippen LogP contribution is -2.25. The zero-order valence-electron chi connectivity index (χ0n) is 22.9. The third-order valence-corrected chi connectivity index (χ3v) is 6.93. The molecule has 0 aliphatic heterocycles. The molecule has 2 atom stereocenters. The lowest BCUT2D eigenvalue weighted by atomic mass is 9.93. The minimum atomic E-state index is -0.761. The zero-order chi connectivity index (χ0) is 26.3.